The Morgan fingerprint density at radius 2 is 1.96 bits per heavy atom. The minimum absolute atomic E-state index is 0.0790. The summed E-state index contributed by atoms with van der Waals surface area (Å²) < 4.78 is 0.871. The van der Waals surface area contributed by atoms with Gasteiger partial charge in [0, 0.05) is 40.6 Å². The molecule has 2 heterocycles. The van der Waals surface area contributed by atoms with Gasteiger partial charge in [-0.3, -0.25) is 14.7 Å². The third kappa shape index (κ3) is 3.13. The molecule has 3 aromatic rings. The number of para-hydroxylation sites is 2. The number of nitrogens with zero attached hydrogens (tertiary/aromatic N) is 2. The minimum Gasteiger partial charge on any atom is -0.321 e. The van der Waals surface area contributed by atoms with Crippen LogP contribution in [0.1, 0.15) is 28.5 Å². The zero-order valence-electron chi connectivity index (χ0n) is 14.6. The van der Waals surface area contributed by atoms with Crippen LogP contribution in [0.25, 0.3) is 10.9 Å². The van der Waals surface area contributed by atoms with E-state index >= 15 is 0 Å². The molecule has 0 unspecified atom stereocenters. The summed E-state index contributed by atoms with van der Waals surface area (Å²) in [6.07, 6.45) is 0.878. The molecule has 0 radical (unpaired) electrons. The van der Waals surface area contributed by atoms with E-state index in [9.17, 15) is 4.79 Å². The molecule has 1 aromatic heterocycles. The van der Waals surface area contributed by atoms with Crippen LogP contribution in [0.5, 0.6) is 0 Å². The molecule has 0 aliphatic carbocycles. The number of likely N-dealkylation sites (N-methyl/N-ethyl adjacent to an activating group) is 1. The van der Waals surface area contributed by atoms with Gasteiger partial charge in [-0.1, -0.05) is 37.3 Å². The molecule has 4 rings (SSSR count). The maximum atomic E-state index is 13.3. The summed E-state index contributed by atoms with van der Waals surface area (Å²) in [7, 11) is 0. The molecule has 26 heavy (non-hydrogen) atoms. The Bertz CT molecular complexity index is 986. The SMILES string of the molecule is CCN1CCc2nc3ccccc3c(C(=O)Nc3ccccc3Br)c2C1. The number of pyridine rings is 1. The van der Waals surface area contributed by atoms with Gasteiger partial charge < -0.3 is 5.32 Å². The van der Waals surface area contributed by atoms with Crippen molar-refractivity contribution in [2.75, 3.05) is 18.4 Å². The molecule has 1 aliphatic rings. The number of benzene rings is 2. The van der Waals surface area contributed by atoms with E-state index in [0.29, 0.717) is 0 Å². The van der Waals surface area contributed by atoms with E-state index in [1.165, 1.54) is 0 Å². The van der Waals surface area contributed by atoms with E-state index in [4.69, 9.17) is 4.98 Å². The lowest BCUT2D eigenvalue weighted by Gasteiger charge is -2.29. The summed E-state index contributed by atoms with van der Waals surface area (Å²) in [4.78, 5) is 20.5. The van der Waals surface area contributed by atoms with Crippen molar-refractivity contribution in [3.05, 3.63) is 69.8 Å². The highest BCUT2D eigenvalue weighted by Crippen LogP contribution is 2.30. The lowest BCUT2D eigenvalue weighted by atomic mass is 9.95. The van der Waals surface area contributed by atoms with Gasteiger partial charge in [0.05, 0.1) is 16.8 Å². The van der Waals surface area contributed by atoms with Gasteiger partial charge in [0.25, 0.3) is 5.91 Å². The second-order valence-corrected chi connectivity index (χ2v) is 7.34. The molecule has 0 saturated carbocycles. The first kappa shape index (κ1) is 17.2. The summed E-state index contributed by atoms with van der Waals surface area (Å²) in [5.41, 5.74) is 4.51. The number of halogens is 1. The molecule has 1 N–H and O–H groups in total. The Kier molecular flexibility index (Phi) is 4.74. The predicted octanol–water partition coefficient (Wildman–Crippen LogP) is 4.63. The average Bonchev–Trinajstić information content (AvgIpc) is 2.67. The number of hydrogen-bond acceptors (Lipinski definition) is 3. The van der Waals surface area contributed by atoms with Crippen LogP contribution in [-0.2, 0) is 13.0 Å². The minimum atomic E-state index is -0.0790. The molecule has 5 heteroatoms. The lowest BCUT2D eigenvalue weighted by Crippen LogP contribution is -2.33. The van der Waals surface area contributed by atoms with Crippen molar-refractivity contribution in [1.82, 2.24) is 9.88 Å². The monoisotopic (exact) mass is 409 g/mol. The Balaban J connectivity index is 1.84. The van der Waals surface area contributed by atoms with Gasteiger partial charge in [0.1, 0.15) is 0 Å². The number of fused-ring (bicyclic) bond motifs is 2. The highest BCUT2D eigenvalue weighted by molar-refractivity contribution is 9.10. The maximum absolute atomic E-state index is 13.3. The summed E-state index contributed by atoms with van der Waals surface area (Å²) >= 11 is 3.51. The van der Waals surface area contributed by atoms with Crippen molar-refractivity contribution in [1.29, 1.82) is 0 Å². The van der Waals surface area contributed by atoms with Crippen LogP contribution >= 0.6 is 15.9 Å². The summed E-state index contributed by atoms with van der Waals surface area (Å²) in [6, 6.07) is 15.6. The predicted molar refractivity (Wildman–Crippen MR) is 108 cm³/mol. The van der Waals surface area contributed by atoms with Gasteiger partial charge >= 0.3 is 0 Å². The standard InChI is InChI=1S/C21H20BrN3O/c1-2-25-12-11-18-15(13-25)20(14-7-3-5-9-17(14)23-18)21(26)24-19-10-6-4-8-16(19)22/h3-10H,2,11-13H2,1H3,(H,24,26). The van der Waals surface area contributed by atoms with Gasteiger partial charge in [-0.15, -0.1) is 0 Å². The number of hydrogen-bond donors (Lipinski definition) is 1. The first-order chi connectivity index (χ1) is 12.7. The number of nitrogens with one attached hydrogen (secondary N) is 1. The molecule has 132 valence electrons. The Labute approximate surface area is 161 Å². The van der Waals surface area contributed by atoms with Crippen molar-refractivity contribution < 1.29 is 4.79 Å². The largest absolute Gasteiger partial charge is 0.321 e. The van der Waals surface area contributed by atoms with E-state index in [0.717, 1.165) is 63.9 Å². The summed E-state index contributed by atoms with van der Waals surface area (Å²) in [6.45, 7) is 4.88. The zero-order chi connectivity index (χ0) is 18.1. The quantitative estimate of drug-likeness (QED) is 0.685. The number of amides is 1. The molecule has 0 bridgehead atoms. The third-order valence-corrected chi connectivity index (χ3v) is 5.61. The van der Waals surface area contributed by atoms with Crippen molar-refractivity contribution in [2.24, 2.45) is 0 Å². The van der Waals surface area contributed by atoms with Crippen LogP contribution < -0.4 is 5.32 Å². The van der Waals surface area contributed by atoms with Crippen molar-refractivity contribution in [3.63, 3.8) is 0 Å². The van der Waals surface area contributed by atoms with Crippen LogP contribution in [0.4, 0.5) is 5.69 Å². The molecule has 2 aromatic carbocycles. The summed E-state index contributed by atoms with van der Waals surface area (Å²) in [5.74, 6) is -0.0790. The molecule has 0 spiro atoms. The van der Waals surface area contributed by atoms with Crippen molar-refractivity contribution >= 4 is 38.4 Å². The number of carbonyl (C=O) groups excluding carboxylic acids is 1. The molecular formula is C21H20BrN3O. The van der Waals surface area contributed by atoms with Gasteiger partial charge in [0.15, 0.2) is 0 Å². The van der Waals surface area contributed by atoms with Crippen LogP contribution in [0, 0.1) is 0 Å². The number of anilines is 1. The zero-order valence-corrected chi connectivity index (χ0v) is 16.2. The first-order valence-corrected chi connectivity index (χ1v) is 9.65. The highest BCUT2D eigenvalue weighted by atomic mass is 79.9. The lowest BCUT2D eigenvalue weighted by molar-refractivity contribution is 0.102. The van der Waals surface area contributed by atoms with Crippen LogP contribution in [0.15, 0.2) is 53.0 Å². The topological polar surface area (TPSA) is 45.2 Å². The molecule has 0 saturated heterocycles. The molecule has 1 aliphatic heterocycles. The number of carbonyl (C=O) groups is 1. The molecule has 0 atom stereocenters. The van der Waals surface area contributed by atoms with Crippen LogP contribution in [0.2, 0.25) is 0 Å². The van der Waals surface area contributed by atoms with Gasteiger partial charge in [0.2, 0.25) is 0 Å². The fraction of sp³-hybridized carbons (Fsp3) is 0.238. The second kappa shape index (κ2) is 7.17. The van der Waals surface area contributed by atoms with Crippen molar-refractivity contribution in [2.45, 2.75) is 19.9 Å². The molecular weight excluding hydrogens is 390 g/mol. The second-order valence-electron chi connectivity index (χ2n) is 6.48. The van der Waals surface area contributed by atoms with Gasteiger partial charge in [-0.2, -0.15) is 0 Å². The van der Waals surface area contributed by atoms with Crippen LogP contribution in [-0.4, -0.2) is 28.9 Å². The maximum Gasteiger partial charge on any atom is 0.256 e. The summed E-state index contributed by atoms with van der Waals surface area (Å²) in [5, 5.41) is 3.98. The highest BCUT2D eigenvalue weighted by Gasteiger charge is 2.25. The fourth-order valence-electron chi connectivity index (χ4n) is 3.52. The molecule has 4 nitrogen and oxygen atoms in total. The number of aromatic nitrogens is 1. The van der Waals surface area contributed by atoms with E-state index in [-0.39, 0.29) is 5.91 Å². The Hall–Kier alpha value is -2.24. The van der Waals surface area contributed by atoms with E-state index in [1.54, 1.807) is 0 Å². The molecule has 0 fully saturated rings. The normalized spacial score (nSPS) is 14.2. The van der Waals surface area contributed by atoms with E-state index in [1.807, 2.05) is 48.5 Å². The van der Waals surface area contributed by atoms with Gasteiger partial charge in [-0.05, 0) is 40.7 Å². The van der Waals surface area contributed by atoms with Gasteiger partial charge in [-0.25, -0.2) is 0 Å². The first-order valence-electron chi connectivity index (χ1n) is 8.86. The van der Waals surface area contributed by atoms with Crippen LogP contribution in [0.3, 0.4) is 0 Å². The average molecular weight is 410 g/mol. The third-order valence-electron chi connectivity index (χ3n) is 4.92. The Morgan fingerprint density at radius 3 is 2.77 bits per heavy atom. The smallest absolute Gasteiger partial charge is 0.256 e. The van der Waals surface area contributed by atoms with E-state index < -0.39 is 0 Å². The Morgan fingerprint density at radius 1 is 1.19 bits per heavy atom. The van der Waals surface area contributed by atoms with Crippen molar-refractivity contribution in [3.8, 4) is 0 Å². The fourth-order valence-corrected chi connectivity index (χ4v) is 3.91. The number of rotatable bonds is 3. The molecule has 1 amide bonds. The van der Waals surface area contributed by atoms with E-state index in [2.05, 4.69) is 33.1 Å².